The van der Waals surface area contributed by atoms with E-state index in [-0.39, 0.29) is 12.0 Å². The number of nitrogens with zero attached hydrogens (tertiary/aromatic N) is 1. The number of nitriles is 1. The first kappa shape index (κ1) is 20.7. The smallest absolute Gasteiger partial charge is 0.326 e. The Labute approximate surface area is 183 Å². The zero-order chi connectivity index (χ0) is 22.5. The highest BCUT2D eigenvalue weighted by molar-refractivity contribution is 5.99. The van der Waals surface area contributed by atoms with E-state index in [2.05, 4.69) is 16.4 Å². The molecule has 3 N–H and O–H groups in total. The largest absolute Gasteiger partial charge is 0.480 e. The topological polar surface area (TPSA) is 115 Å². The zero-order valence-corrected chi connectivity index (χ0v) is 16.9. The molecule has 1 atom stereocenters. The molecule has 1 heterocycles. The fourth-order valence-corrected chi connectivity index (χ4v) is 3.43. The molecule has 0 spiro atoms. The number of carbonyl (C=O) groups excluding carboxylic acids is 1. The molecule has 0 aliphatic rings. The van der Waals surface area contributed by atoms with Crippen LogP contribution in [0.15, 0.2) is 79.0 Å². The molecule has 7 heteroatoms. The summed E-state index contributed by atoms with van der Waals surface area (Å²) in [5, 5.41) is 22.2. The summed E-state index contributed by atoms with van der Waals surface area (Å²) in [4.78, 5) is 27.9. The first-order valence-corrected chi connectivity index (χ1v) is 9.91. The monoisotopic (exact) mass is 425 g/mol. The van der Waals surface area contributed by atoms with E-state index in [0.717, 1.165) is 10.9 Å². The van der Waals surface area contributed by atoms with Gasteiger partial charge < -0.3 is 20.1 Å². The van der Waals surface area contributed by atoms with Crippen molar-refractivity contribution >= 4 is 22.8 Å². The Morgan fingerprint density at radius 2 is 1.81 bits per heavy atom. The lowest BCUT2D eigenvalue weighted by molar-refractivity contribution is -0.139. The van der Waals surface area contributed by atoms with Gasteiger partial charge in [0.2, 0.25) is 0 Å². The van der Waals surface area contributed by atoms with Crippen molar-refractivity contribution in [3.8, 4) is 17.6 Å². The maximum Gasteiger partial charge on any atom is 0.326 e. The van der Waals surface area contributed by atoms with Crippen molar-refractivity contribution in [2.24, 2.45) is 0 Å². The molecular weight excluding hydrogens is 406 g/mol. The van der Waals surface area contributed by atoms with Crippen LogP contribution in [0.5, 0.6) is 11.5 Å². The molecule has 3 aromatic carbocycles. The number of ether oxygens (including phenoxy) is 1. The zero-order valence-electron chi connectivity index (χ0n) is 16.9. The summed E-state index contributed by atoms with van der Waals surface area (Å²) in [5.74, 6) is -0.826. The Morgan fingerprint density at radius 3 is 2.56 bits per heavy atom. The van der Waals surface area contributed by atoms with Gasteiger partial charge in [-0.05, 0) is 48.0 Å². The summed E-state index contributed by atoms with van der Waals surface area (Å²) >= 11 is 0. The molecule has 0 unspecified atom stereocenters. The van der Waals surface area contributed by atoms with Crippen molar-refractivity contribution in [3.63, 3.8) is 0 Å². The lowest BCUT2D eigenvalue weighted by Crippen LogP contribution is -2.42. The standard InChI is InChI=1S/C25H19N3O4/c26-14-16-10-11-21-20(12-16)17(15-27-21)13-22(25(30)31)28-24(29)19-8-4-5-9-23(19)32-18-6-2-1-3-7-18/h1-12,15,22,27H,13H2,(H,28,29)(H,30,31)/t22-/m0/s1. The van der Waals surface area contributed by atoms with Crippen LogP contribution in [0, 0.1) is 11.3 Å². The maximum absolute atomic E-state index is 13.0. The molecule has 1 amide bonds. The minimum Gasteiger partial charge on any atom is -0.480 e. The molecule has 0 fully saturated rings. The number of hydrogen-bond acceptors (Lipinski definition) is 4. The third kappa shape index (κ3) is 4.45. The second kappa shape index (κ2) is 9.06. The van der Waals surface area contributed by atoms with E-state index < -0.39 is 17.9 Å². The van der Waals surface area contributed by atoms with Crippen LogP contribution >= 0.6 is 0 Å². The van der Waals surface area contributed by atoms with E-state index in [9.17, 15) is 14.7 Å². The molecule has 0 saturated heterocycles. The van der Waals surface area contributed by atoms with Crippen molar-refractivity contribution < 1.29 is 19.4 Å². The molecular formula is C25H19N3O4. The van der Waals surface area contributed by atoms with E-state index >= 15 is 0 Å². The Balaban J connectivity index is 1.56. The highest BCUT2D eigenvalue weighted by Crippen LogP contribution is 2.26. The molecule has 4 rings (SSSR count). The molecule has 1 aromatic heterocycles. The maximum atomic E-state index is 13.0. The average molecular weight is 425 g/mol. The number of rotatable bonds is 7. The normalized spacial score (nSPS) is 11.5. The number of aliphatic carboxylic acids is 1. The molecule has 4 aromatic rings. The number of aromatic amines is 1. The Hall–Kier alpha value is -4.57. The summed E-state index contributed by atoms with van der Waals surface area (Å²) in [6.45, 7) is 0. The van der Waals surface area contributed by atoms with Gasteiger partial charge in [-0.3, -0.25) is 4.79 Å². The molecule has 7 nitrogen and oxygen atoms in total. The van der Waals surface area contributed by atoms with Gasteiger partial charge >= 0.3 is 5.97 Å². The number of fused-ring (bicyclic) bond motifs is 1. The van der Waals surface area contributed by atoms with Gasteiger partial charge in [-0.2, -0.15) is 5.26 Å². The lowest BCUT2D eigenvalue weighted by Gasteiger charge is -2.16. The molecule has 0 saturated carbocycles. The molecule has 0 bridgehead atoms. The average Bonchev–Trinajstić information content (AvgIpc) is 3.21. The molecule has 0 aliphatic heterocycles. The van der Waals surface area contributed by atoms with Gasteiger partial charge in [0.25, 0.3) is 5.91 Å². The molecule has 0 aliphatic carbocycles. The van der Waals surface area contributed by atoms with Crippen LogP contribution in [0.25, 0.3) is 10.9 Å². The number of carbonyl (C=O) groups is 2. The van der Waals surface area contributed by atoms with Crippen LogP contribution in [0.1, 0.15) is 21.5 Å². The third-order valence-corrected chi connectivity index (χ3v) is 5.03. The number of para-hydroxylation sites is 2. The fraction of sp³-hybridized carbons (Fsp3) is 0.0800. The minimum absolute atomic E-state index is 0.0532. The Bertz CT molecular complexity index is 1320. The molecule has 158 valence electrons. The van der Waals surface area contributed by atoms with Gasteiger partial charge in [0, 0.05) is 23.5 Å². The van der Waals surface area contributed by atoms with Crippen molar-refractivity contribution in [1.29, 1.82) is 5.26 Å². The summed E-state index contributed by atoms with van der Waals surface area (Å²) in [7, 11) is 0. The minimum atomic E-state index is -1.17. The lowest BCUT2D eigenvalue weighted by atomic mass is 10.0. The number of benzene rings is 3. The number of carboxylic acids is 1. The Kier molecular flexibility index (Phi) is 5.86. The second-order valence-corrected chi connectivity index (χ2v) is 7.17. The van der Waals surface area contributed by atoms with E-state index in [4.69, 9.17) is 10.00 Å². The number of carboxylic acid groups (broad SMARTS) is 1. The SMILES string of the molecule is N#Cc1ccc2[nH]cc(C[C@H](NC(=O)c3ccccc3Oc3ccccc3)C(=O)O)c2c1. The van der Waals surface area contributed by atoms with Crippen molar-refractivity contribution in [3.05, 3.63) is 95.7 Å². The summed E-state index contributed by atoms with van der Waals surface area (Å²) < 4.78 is 5.82. The molecule has 0 radical (unpaired) electrons. The van der Waals surface area contributed by atoms with Gasteiger partial charge in [-0.15, -0.1) is 0 Å². The van der Waals surface area contributed by atoms with Crippen molar-refractivity contribution in [2.75, 3.05) is 0 Å². The Morgan fingerprint density at radius 1 is 1.06 bits per heavy atom. The third-order valence-electron chi connectivity index (χ3n) is 5.03. The highest BCUT2D eigenvalue weighted by atomic mass is 16.5. The van der Waals surface area contributed by atoms with Crippen LogP contribution < -0.4 is 10.1 Å². The number of amides is 1. The van der Waals surface area contributed by atoms with Crippen LogP contribution in [0.4, 0.5) is 0 Å². The van der Waals surface area contributed by atoms with E-state index in [1.165, 1.54) is 0 Å². The van der Waals surface area contributed by atoms with Gasteiger partial charge in [0.1, 0.15) is 17.5 Å². The van der Waals surface area contributed by atoms with Gasteiger partial charge in [-0.1, -0.05) is 30.3 Å². The predicted octanol–water partition coefficient (Wildman–Crippen LogP) is 4.26. The van der Waals surface area contributed by atoms with Crippen LogP contribution in [0.3, 0.4) is 0 Å². The highest BCUT2D eigenvalue weighted by Gasteiger charge is 2.24. The van der Waals surface area contributed by atoms with E-state index in [0.29, 0.717) is 22.6 Å². The second-order valence-electron chi connectivity index (χ2n) is 7.17. The van der Waals surface area contributed by atoms with E-state index in [1.54, 1.807) is 60.8 Å². The number of hydrogen-bond donors (Lipinski definition) is 3. The first-order chi connectivity index (χ1) is 15.5. The van der Waals surface area contributed by atoms with Gasteiger partial charge in [0.15, 0.2) is 0 Å². The van der Waals surface area contributed by atoms with Crippen LogP contribution in [-0.4, -0.2) is 28.0 Å². The first-order valence-electron chi connectivity index (χ1n) is 9.91. The summed E-state index contributed by atoms with van der Waals surface area (Å²) in [6, 6.07) is 21.7. The van der Waals surface area contributed by atoms with Gasteiger partial charge in [-0.25, -0.2) is 4.79 Å². The predicted molar refractivity (Wildman–Crippen MR) is 119 cm³/mol. The number of H-pyrrole nitrogens is 1. The van der Waals surface area contributed by atoms with Gasteiger partial charge in [0.05, 0.1) is 17.2 Å². The van der Waals surface area contributed by atoms with Crippen LogP contribution in [-0.2, 0) is 11.2 Å². The summed E-state index contributed by atoms with van der Waals surface area (Å²) in [6.07, 6.45) is 1.75. The van der Waals surface area contributed by atoms with E-state index in [1.807, 2.05) is 18.2 Å². The number of nitrogens with one attached hydrogen (secondary N) is 2. The number of aromatic nitrogens is 1. The fourth-order valence-electron chi connectivity index (χ4n) is 3.43. The van der Waals surface area contributed by atoms with Crippen molar-refractivity contribution in [2.45, 2.75) is 12.5 Å². The van der Waals surface area contributed by atoms with Crippen LogP contribution in [0.2, 0.25) is 0 Å². The van der Waals surface area contributed by atoms with Crippen molar-refractivity contribution in [1.82, 2.24) is 10.3 Å². The molecule has 32 heavy (non-hydrogen) atoms. The quantitative estimate of drug-likeness (QED) is 0.409. The summed E-state index contributed by atoms with van der Waals surface area (Å²) in [5.41, 5.74) is 2.18.